The van der Waals surface area contributed by atoms with Crippen LogP contribution in [0.15, 0.2) is 53.9 Å². The Morgan fingerprint density at radius 2 is 1.86 bits per heavy atom. The zero-order chi connectivity index (χ0) is 19.9. The van der Waals surface area contributed by atoms with E-state index in [1.165, 1.54) is 23.0 Å². The molecule has 5 nitrogen and oxygen atoms in total. The molecule has 0 bridgehead atoms. The number of methoxy groups -OCH3 is 2. The first-order chi connectivity index (χ1) is 13.6. The second kappa shape index (κ2) is 9.19. The fourth-order valence-electron chi connectivity index (χ4n) is 2.65. The van der Waals surface area contributed by atoms with Crippen LogP contribution in [0.3, 0.4) is 0 Å². The van der Waals surface area contributed by atoms with Crippen LogP contribution < -0.4 is 14.8 Å². The van der Waals surface area contributed by atoms with Gasteiger partial charge in [0, 0.05) is 17.0 Å². The average Bonchev–Trinajstić information content (AvgIpc) is 3.20. The van der Waals surface area contributed by atoms with Crippen LogP contribution in [0.5, 0.6) is 11.5 Å². The van der Waals surface area contributed by atoms with E-state index in [-0.39, 0.29) is 5.91 Å². The predicted octanol–water partition coefficient (Wildman–Crippen LogP) is 5.04. The molecule has 28 heavy (non-hydrogen) atoms. The summed E-state index contributed by atoms with van der Waals surface area (Å²) in [7, 11) is 3.16. The van der Waals surface area contributed by atoms with Gasteiger partial charge < -0.3 is 9.47 Å². The molecule has 0 aliphatic carbocycles. The van der Waals surface area contributed by atoms with E-state index in [4.69, 9.17) is 9.47 Å². The van der Waals surface area contributed by atoms with Crippen LogP contribution in [-0.4, -0.2) is 25.1 Å². The third-order valence-electron chi connectivity index (χ3n) is 4.23. The molecule has 2 aromatic carbocycles. The van der Waals surface area contributed by atoms with Crippen LogP contribution in [0.1, 0.15) is 18.1 Å². The number of amides is 1. The Labute approximate surface area is 168 Å². The molecule has 0 unspecified atom stereocenters. The van der Waals surface area contributed by atoms with E-state index in [9.17, 15) is 4.79 Å². The molecule has 3 rings (SSSR count). The molecular formula is C22H22N2O3S. The Morgan fingerprint density at radius 1 is 1.11 bits per heavy atom. The van der Waals surface area contributed by atoms with Crippen LogP contribution in [0.2, 0.25) is 0 Å². The van der Waals surface area contributed by atoms with E-state index in [0.29, 0.717) is 16.6 Å². The zero-order valence-electron chi connectivity index (χ0n) is 16.1. The molecule has 0 spiro atoms. The number of aryl methyl sites for hydroxylation is 1. The molecule has 1 aromatic heterocycles. The summed E-state index contributed by atoms with van der Waals surface area (Å²) in [6.45, 7) is 2.13. The number of ether oxygens (including phenoxy) is 2. The van der Waals surface area contributed by atoms with Crippen LogP contribution in [-0.2, 0) is 11.2 Å². The summed E-state index contributed by atoms with van der Waals surface area (Å²) in [5, 5.41) is 5.31. The molecule has 0 fully saturated rings. The third kappa shape index (κ3) is 4.78. The van der Waals surface area contributed by atoms with Crippen LogP contribution in [0.4, 0.5) is 5.13 Å². The highest BCUT2D eigenvalue weighted by molar-refractivity contribution is 7.14. The summed E-state index contributed by atoms with van der Waals surface area (Å²) in [5.41, 5.74) is 4.01. The first-order valence-corrected chi connectivity index (χ1v) is 9.76. The number of nitrogens with one attached hydrogen (secondary N) is 1. The number of hydrogen-bond acceptors (Lipinski definition) is 5. The number of benzene rings is 2. The smallest absolute Gasteiger partial charge is 0.250 e. The Morgan fingerprint density at radius 3 is 2.54 bits per heavy atom. The van der Waals surface area contributed by atoms with Crippen molar-refractivity contribution in [1.82, 2.24) is 4.98 Å². The quantitative estimate of drug-likeness (QED) is 0.570. The molecule has 0 saturated heterocycles. The number of carbonyl (C=O) groups is 1. The number of aromatic nitrogens is 1. The molecule has 1 amide bonds. The molecule has 0 aliphatic rings. The average molecular weight is 394 g/mol. The minimum atomic E-state index is -0.239. The molecule has 1 heterocycles. The van der Waals surface area contributed by atoms with Crippen LogP contribution in [0, 0.1) is 0 Å². The fraction of sp³-hybridized carbons (Fsp3) is 0.182. The van der Waals surface area contributed by atoms with Crippen molar-refractivity contribution in [3.8, 4) is 22.8 Å². The number of anilines is 1. The monoisotopic (exact) mass is 394 g/mol. The highest BCUT2D eigenvalue weighted by atomic mass is 32.1. The van der Waals surface area contributed by atoms with Crippen molar-refractivity contribution < 1.29 is 14.3 Å². The SMILES string of the molecule is CCc1ccc(-c2csc(NC(=O)/C=C/c3ccc(OC)c(OC)c3)n2)cc1. The lowest BCUT2D eigenvalue weighted by Gasteiger charge is -2.07. The maximum Gasteiger partial charge on any atom is 0.250 e. The number of rotatable bonds is 7. The summed E-state index contributed by atoms with van der Waals surface area (Å²) < 4.78 is 10.5. The molecule has 0 saturated carbocycles. The maximum absolute atomic E-state index is 12.2. The van der Waals surface area contributed by atoms with Crippen molar-refractivity contribution in [2.75, 3.05) is 19.5 Å². The Balaban J connectivity index is 1.65. The molecule has 144 valence electrons. The van der Waals surface area contributed by atoms with Gasteiger partial charge in [-0.1, -0.05) is 37.3 Å². The van der Waals surface area contributed by atoms with Gasteiger partial charge >= 0.3 is 0 Å². The van der Waals surface area contributed by atoms with Gasteiger partial charge in [-0.2, -0.15) is 0 Å². The highest BCUT2D eigenvalue weighted by Crippen LogP contribution is 2.28. The van der Waals surface area contributed by atoms with Gasteiger partial charge in [-0.25, -0.2) is 4.98 Å². The van der Waals surface area contributed by atoms with Crippen molar-refractivity contribution in [3.05, 3.63) is 65.0 Å². The second-order valence-electron chi connectivity index (χ2n) is 6.03. The molecular weight excluding hydrogens is 372 g/mol. The third-order valence-corrected chi connectivity index (χ3v) is 4.98. The number of thiazole rings is 1. The fourth-order valence-corrected chi connectivity index (χ4v) is 3.37. The molecule has 0 atom stereocenters. The number of carbonyl (C=O) groups excluding carboxylic acids is 1. The second-order valence-corrected chi connectivity index (χ2v) is 6.88. The van der Waals surface area contributed by atoms with Gasteiger partial charge in [0.05, 0.1) is 19.9 Å². The van der Waals surface area contributed by atoms with Crippen molar-refractivity contribution in [3.63, 3.8) is 0 Å². The lowest BCUT2D eigenvalue weighted by molar-refractivity contribution is -0.111. The number of nitrogens with zero attached hydrogens (tertiary/aromatic N) is 1. The van der Waals surface area contributed by atoms with Gasteiger partial charge in [0.15, 0.2) is 16.6 Å². The van der Waals surface area contributed by atoms with Crippen molar-refractivity contribution in [2.45, 2.75) is 13.3 Å². The normalized spacial score (nSPS) is 10.8. The lowest BCUT2D eigenvalue weighted by Crippen LogP contribution is -2.07. The van der Waals surface area contributed by atoms with Gasteiger partial charge in [-0.3, -0.25) is 10.1 Å². The van der Waals surface area contributed by atoms with E-state index in [1.807, 2.05) is 17.5 Å². The molecule has 1 N–H and O–H groups in total. The summed E-state index contributed by atoms with van der Waals surface area (Å²) in [4.78, 5) is 16.7. The molecule has 6 heteroatoms. The molecule has 0 radical (unpaired) electrons. The van der Waals surface area contributed by atoms with E-state index in [2.05, 4.69) is 41.5 Å². The van der Waals surface area contributed by atoms with E-state index in [1.54, 1.807) is 26.4 Å². The molecule has 3 aromatic rings. The van der Waals surface area contributed by atoms with E-state index >= 15 is 0 Å². The van der Waals surface area contributed by atoms with E-state index < -0.39 is 0 Å². The Bertz CT molecular complexity index is 978. The standard InChI is InChI=1S/C22H22N2O3S/c1-4-15-5-9-17(10-6-15)18-14-28-22(23-18)24-21(25)12-8-16-7-11-19(26-2)20(13-16)27-3/h5-14H,4H2,1-3H3,(H,23,24,25)/b12-8+. The van der Waals surface area contributed by atoms with Crippen LogP contribution in [0.25, 0.3) is 17.3 Å². The zero-order valence-corrected chi connectivity index (χ0v) is 16.9. The van der Waals surface area contributed by atoms with Crippen molar-refractivity contribution in [1.29, 1.82) is 0 Å². The summed E-state index contributed by atoms with van der Waals surface area (Å²) in [5.74, 6) is 1.02. The summed E-state index contributed by atoms with van der Waals surface area (Å²) in [6, 6.07) is 13.8. The Hall–Kier alpha value is -3.12. The minimum absolute atomic E-state index is 0.239. The van der Waals surface area contributed by atoms with Gasteiger partial charge in [0.25, 0.3) is 0 Å². The van der Waals surface area contributed by atoms with Gasteiger partial charge in [-0.15, -0.1) is 11.3 Å². The summed E-state index contributed by atoms with van der Waals surface area (Å²) >= 11 is 1.40. The topological polar surface area (TPSA) is 60.5 Å². The largest absolute Gasteiger partial charge is 0.493 e. The Kier molecular flexibility index (Phi) is 6.45. The first kappa shape index (κ1) is 19.6. The number of hydrogen-bond donors (Lipinski definition) is 1. The van der Waals surface area contributed by atoms with Gasteiger partial charge in [-0.05, 0) is 35.8 Å². The molecule has 0 aliphatic heterocycles. The van der Waals surface area contributed by atoms with Gasteiger partial charge in [0.1, 0.15) is 0 Å². The minimum Gasteiger partial charge on any atom is -0.493 e. The summed E-state index contributed by atoms with van der Waals surface area (Å²) in [6.07, 6.45) is 4.19. The van der Waals surface area contributed by atoms with Gasteiger partial charge in [0.2, 0.25) is 5.91 Å². The van der Waals surface area contributed by atoms with E-state index in [0.717, 1.165) is 23.2 Å². The lowest BCUT2D eigenvalue weighted by atomic mass is 10.1. The maximum atomic E-state index is 12.2. The van der Waals surface area contributed by atoms with Crippen molar-refractivity contribution in [2.24, 2.45) is 0 Å². The van der Waals surface area contributed by atoms with Crippen LogP contribution >= 0.6 is 11.3 Å². The predicted molar refractivity (Wildman–Crippen MR) is 114 cm³/mol. The highest BCUT2D eigenvalue weighted by Gasteiger charge is 2.07. The van der Waals surface area contributed by atoms with Crippen molar-refractivity contribution >= 4 is 28.5 Å². The first-order valence-electron chi connectivity index (χ1n) is 8.89.